The molecule has 0 unspecified atom stereocenters. The van der Waals surface area contributed by atoms with E-state index in [4.69, 9.17) is 22.6 Å². The van der Waals surface area contributed by atoms with Gasteiger partial charge in [-0.1, -0.05) is 181 Å². The molecule has 1 aliphatic rings. The van der Waals surface area contributed by atoms with E-state index in [0.717, 1.165) is 156 Å². The number of allylic oxidation sites excluding steroid dienone is 10. The Morgan fingerprint density at radius 2 is 0.970 bits per heavy atom. The highest BCUT2D eigenvalue weighted by Gasteiger charge is 2.19. The fourth-order valence-corrected chi connectivity index (χ4v) is 11.8. The van der Waals surface area contributed by atoms with E-state index in [1.165, 1.54) is 11.4 Å². The summed E-state index contributed by atoms with van der Waals surface area (Å²) < 4.78 is 14.0. The first-order valence-electron chi connectivity index (χ1n) is 35.2. The van der Waals surface area contributed by atoms with E-state index < -0.39 is 12.2 Å². The fraction of sp³-hybridized carbons (Fsp3) is 0.276. The minimum atomic E-state index is -0.548. The van der Waals surface area contributed by atoms with Crippen molar-refractivity contribution >= 4 is 69.6 Å². The highest BCUT2D eigenvalue weighted by atomic mass is 16.6. The normalized spacial score (nSPS) is 11.5. The van der Waals surface area contributed by atoms with Crippen molar-refractivity contribution < 1.29 is 23.6 Å². The van der Waals surface area contributed by atoms with Gasteiger partial charge >= 0.3 is 18.0 Å². The van der Waals surface area contributed by atoms with Crippen LogP contribution in [-0.2, 0) is 22.6 Å². The van der Waals surface area contributed by atoms with Gasteiger partial charge < -0.3 is 24.2 Å². The van der Waals surface area contributed by atoms with Gasteiger partial charge in [-0.3, -0.25) is 10.6 Å². The van der Waals surface area contributed by atoms with E-state index in [2.05, 4.69) is 183 Å². The second-order valence-electron chi connectivity index (χ2n) is 24.9. The highest BCUT2D eigenvalue weighted by Crippen LogP contribution is 2.32. The summed E-state index contributed by atoms with van der Waals surface area (Å²) in [5.41, 5.74) is 17.2. The van der Waals surface area contributed by atoms with Crippen LogP contribution in [0.4, 0.5) is 38.0 Å². The molecule has 514 valence electrons. The number of nitrogens with one attached hydrogen (secondary N) is 2. The van der Waals surface area contributed by atoms with Gasteiger partial charge in [-0.15, -0.1) is 0 Å². The molecular weight excluding hydrogens is 1250 g/mol. The number of carbonyl (C=O) groups is 2. The van der Waals surface area contributed by atoms with Gasteiger partial charge in [0, 0.05) is 85.7 Å². The predicted molar refractivity (Wildman–Crippen MR) is 415 cm³/mol. The summed E-state index contributed by atoms with van der Waals surface area (Å²) in [6.45, 7) is 33.8. The molecule has 2 amide bonds. The van der Waals surface area contributed by atoms with Crippen LogP contribution < -0.4 is 25.3 Å². The minimum Gasteiger partial charge on any atom is -0.447 e. The quantitative estimate of drug-likeness (QED) is 0.0174. The van der Waals surface area contributed by atoms with E-state index in [9.17, 15) is 20.1 Å². The zero-order valence-corrected chi connectivity index (χ0v) is 59.3. The molecule has 14 nitrogen and oxygen atoms in total. The Morgan fingerprint density at radius 3 is 1.42 bits per heavy atom. The van der Waals surface area contributed by atoms with Crippen molar-refractivity contribution in [3.63, 3.8) is 0 Å². The van der Waals surface area contributed by atoms with Gasteiger partial charge in [-0.25, -0.2) is 14.2 Å². The van der Waals surface area contributed by atoms with Gasteiger partial charge in [-0.05, 0) is 172 Å². The number of nitriles is 2. The van der Waals surface area contributed by atoms with Gasteiger partial charge in [0.1, 0.15) is 57.2 Å². The molecule has 0 aliphatic heterocycles. The molecule has 0 atom stereocenters. The third-order valence-electron chi connectivity index (χ3n) is 17.5. The third kappa shape index (κ3) is 23.2. The smallest absolute Gasteiger partial charge is 0.447 e. The number of carbonyl (C=O) groups excluding carboxylic acids is 2. The molecule has 8 rings (SSSR count). The second-order valence-corrected chi connectivity index (χ2v) is 24.9. The molecule has 0 saturated heterocycles. The lowest BCUT2D eigenvalue weighted by atomic mass is 9.93. The summed E-state index contributed by atoms with van der Waals surface area (Å²) in [6, 6.07) is 60.6. The minimum absolute atomic E-state index is 0.00773. The Balaban J connectivity index is 1.16. The predicted octanol–water partition coefficient (Wildman–Crippen LogP) is 20.4. The van der Waals surface area contributed by atoms with Crippen LogP contribution in [0.5, 0.6) is 0 Å². The van der Waals surface area contributed by atoms with Crippen molar-refractivity contribution in [1.29, 1.82) is 10.5 Å². The van der Waals surface area contributed by atoms with E-state index in [1.807, 2.05) is 123 Å². The maximum absolute atomic E-state index is 13.0. The molecule has 0 aromatic heterocycles. The van der Waals surface area contributed by atoms with E-state index in [-0.39, 0.29) is 24.6 Å². The van der Waals surface area contributed by atoms with Crippen molar-refractivity contribution in [3.8, 4) is 12.1 Å². The molecule has 1 aliphatic carbocycles. The maximum Gasteiger partial charge on any atom is 0.519 e. The van der Waals surface area contributed by atoms with Crippen molar-refractivity contribution in [3.05, 3.63) is 302 Å². The molecule has 7 aromatic rings. The van der Waals surface area contributed by atoms with Crippen LogP contribution >= 0.6 is 0 Å². The molecule has 7 aromatic carbocycles. The average molecular weight is 1340 g/mol. The Kier molecular flexibility index (Phi) is 29.9. The van der Waals surface area contributed by atoms with E-state index in [0.29, 0.717) is 37.6 Å². The number of rotatable bonds is 34. The molecule has 0 bridgehead atoms. The summed E-state index contributed by atoms with van der Waals surface area (Å²) >= 11 is 0. The molecule has 14 heteroatoms. The monoisotopic (exact) mass is 1340 g/mol. The number of unbranched alkanes of at least 4 members (excludes halogenated alkanes) is 4. The third-order valence-corrected chi connectivity index (χ3v) is 17.5. The summed E-state index contributed by atoms with van der Waals surface area (Å²) in [5.74, 6) is -0.00773. The fourth-order valence-electron chi connectivity index (χ4n) is 11.8. The molecule has 0 fully saturated rings. The zero-order valence-electron chi connectivity index (χ0n) is 59.3. The van der Waals surface area contributed by atoms with Crippen molar-refractivity contribution in [2.75, 3.05) is 77.8 Å². The number of aryl methyl sites for hydroxylation is 2. The molecule has 0 heterocycles. The van der Waals surface area contributed by atoms with Gasteiger partial charge in [0.15, 0.2) is 5.71 Å². The number of hydrogen-bond acceptors (Lipinski definition) is 9. The van der Waals surface area contributed by atoms with Crippen LogP contribution in [0.1, 0.15) is 129 Å². The number of para-hydroxylation sites is 2. The molecule has 101 heavy (non-hydrogen) atoms. The molecular formula is C87H93N10O4+. The molecule has 2 N–H and O–H groups in total. The van der Waals surface area contributed by atoms with Crippen molar-refractivity contribution in [2.24, 2.45) is 0 Å². The second kappa shape index (κ2) is 40.2. The number of hydrogen-bond donors (Lipinski definition) is 2. The van der Waals surface area contributed by atoms with E-state index >= 15 is 0 Å². The Hall–Kier alpha value is -11.7. The standard InChI is InChI=1S/C87H92N10O4/c1-9-13-50-94(51-14-10-2)79-44-38-73(39-45-79)83(71-34-30-68(31-35-71)64-96(54-56-100-86(98)92-77-24-19-17-20-25-77)81-48-42-75(66(5)58-81)60-70(62-88)63-89)28-23-29-84(74-40-46-80(47-41-74)95(52-15-11-3)53-16-12-4)72-36-32-69(33-37-72)65-97(55-57-101-87(99)93-78-26-21-18-22-27-78)82-49-43-76(67(6)59-82)61-85(90-7)91-8/h17-49,58-61H,9-16,50-57,64-65H2,1-6H3,(H-,92,93,98,99)/p+1. The first kappa shape index (κ1) is 75.1. The van der Waals surface area contributed by atoms with Crippen LogP contribution in [0.3, 0.4) is 0 Å². The van der Waals surface area contributed by atoms with Crippen molar-refractivity contribution in [1.82, 2.24) is 0 Å². The van der Waals surface area contributed by atoms with Gasteiger partial charge in [0.2, 0.25) is 0 Å². The van der Waals surface area contributed by atoms with Crippen LogP contribution in [0.2, 0.25) is 0 Å². The summed E-state index contributed by atoms with van der Waals surface area (Å²) in [5, 5.41) is 24.7. The Labute approximate surface area is 598 Å². The number of anilines is 5. The highest BCUT2D eigenvalue weighted by molar-refractivity contribution is 6.03. The summed E-state index contributed by atoms with van der Waals surface area (Å²) in [4.78, 5) is 39.6. The molecule has 0 saturated carbocycles. The number of benzene rings is 7. The first-order valence-corrected chi connectivity index (χ1v) is 35.2. The number of amides is 2. The zero-order chi connectivity index (χ0) is 71.6. The number of nitrogens with zero attached hydrogens (tertiary/aromatic N) is 8. The van der Waals surface area contributed by atoms with Crippen LogP contribution in [-0.4, -0.2) is 75.0 Å². The van der Waals surface area contributed by atoms with Crippen LogP contribution in [0.25, 0.3) is 33.0 Å². The summed E-state index contributed by atoms with van der Waals surface area (Å²) in [6.07, 6.45) is 26.7. The lowest BCUT2D eigenvalue weighted by Gasteiger charge is -2.26. The van der Waals surface area contributed by atoms with Gasteiger partial charge in [0.05, 0.1) is 13.1 Å². The maximum atomic E-state index is 13.0. The van der Waals surface area contributed by atoms with Gasteiger partial charge in [-0.2, -0.15) is 20.2 Å². The van der Waals surface area contributed by atoms with Gasteiger partial charge in [0.25, 0.3) is 0 Å². The topological polar surface area (TPSA) is 146 Å². The lowest BCUT2D eigenvalue weighted by molar-refractivity contribution is -0.527. The largest absolute Gasteiger partial charge is 0.519 e. The Bertz CT molecular complexity index is 4270. The Morgan fingerprint density at radius 1 is 0.525 bits per heavy atom. The van der Waals surface area contributed by atoms with E-state index in [1.54, 1.807) is 12.2 Å². The molecule has 0 radical (unpaired) electrons. The van der Waals surface area contributed by atoms with Crippen LogP contribution in [0.15, 0.2) is 229 Å². The first-order chi connectivity index (χ1) is 49.3. The summed E-state index contributed by atoms with van der Waals surface area (Å²) in [7, 11) is 0. The number of ether oxygens (including phenoxy) is 2. The van der Waals surface area contributed by atoms with Crippen LogP contribution in [0, 0.1) is 49.7 Å². The molecule has 0 spiro atoms. The average Bonchev–Trinajstić information content (AvgIpc) is 0.836. The van der Waals surface area contributed by atoms with Crippen molar-refractivity contribution in [2.45, 2.75) is 106 Å². The SMILES string of the molecule is [C-]#[N+]C(=Cc1ccc(N(CCOC(=O)Nc2ccccc2)Cc2ccc(/C(=C/C=C/C(=C3C=CC(=[N+](CCCC)CCCC)C=C3)c3ccc(CN(CCOC(=O)Nc4ccccc4)c4ccc(C=C(C#N)C#N)c(C)c4)cc3)c3ccc(N(CCCC)CCCC)cc3)cc2)cc1C)[N+]#[C-]. The lowest BCUT2D eigenvalue weighted by Crippen LogP contribution is -2.29.